The van der Waals surface area contributed by atoms with Crippen molar-refractivity contribution in [2.24, 2.45) is 5.92 Å². The van der Waals surface area contributed by atoms with Gasteiger partial charge in [-0.1, -0.05) is 35.9 Å². The molecule has 1 aliphatic rings. The predicted octanol–water partition coefficient (Wildman–Crippen LogP) is 3.86. The highest BCUT2D eigenvalue weighted by Gasteiger charge is 2.31. The second kappa shape index (κ2) is 9.27. The number of nitrogens with one attached hydrogen (secondary N) is 1. The molecule has 1 aliphatic heterocycles. The van der Waals surface area contributed by atoms with E-state index in [-0.39, 0.29) is 23.6 Å². The van der Waals surface area contributed by atoms with Crippen molar-refractivity contribution in [2.75, 3.05) is 13.1 Å². The Morgan fingerprint density at radius 3 is 2.37 bits per heavy atom. The van der Waals surface area contributed by atoms with E-state index in [2.05, 4.69) is 11.4 Å². The van der Waals surface area contributed by atoms with Crippen LogP contribution in [0.4, 0.5) is 4.39 Å². The molecule has 1 heterocycles. The molecule has 1 saturated heterocycles. The number of hydrogen-bond acceptors (Lipinski definition) is 3. The summed E-state index contributed by atoms with van der Waals surface area (Å²) in [6.07, 6.45) is 0.988. The minimum absolute atomic E-state index is 0.0296. The normalized spacial score (nSPS) is 16.9. The highest BCUT2D eigenvalue weighted by Crippen LogP contribution is 2.24. The Balaban J connectivity index is 1.55. The lowest BCUT2D eigenvalue weighted by Crippen LogP contribution is -2.43. The molecule has 5 nitrogen and oxygen atoms in total. The van der Waals surface area contributed by atoms with Gasteiger partial charge in [-0.15, -0.1) is 0 Å². The van der Waals surface area contributed by atoms with Gasteiger partial charge in [-0.05, 0) is 62.4 Å². The van der Waals surface area contributed by atoms with E-state index < -0.39 is 15.8 Å². The summed E-state index contributed by atoms with van der Waals surface area (Å²) in [6.45, 7) is 6.68. The summed E-state index contributed by atoms with van der Waals surface area (Å²) in [7, 11) is -3.49. The lowest BCUT2D eigenvalue weighted by atomic mass is 9.95. The van der Waals surface area contributed by atoms with Crippen molar-refractivity contribution >= 4 is 15.9 Å². The first kappa shape index (κ1) is 22.4. The van der Waals surface area contributed by atoms with Gasteiger partial charge in [0.25, 0.3) is 0 Å². The predicted molar refractivity (Wildman–Crippen MR) is 116 cm³/mol. The second-order valence-electron chi connectivity index (χ2n) is 8.15. The third-order valence-electron chi connectivity index (χ3n) is 5.73. The molecular formula is C23H29FN2O3S. The maximum Gasteiger partial charge on any atom is 0.223 e. The minimum Gasteiger partial charge on any atom is -0.349 e. The second-order valence-corrected chi connectivity index (χ2v) is 10.1. The molecule has 0 radical (unpaired) electrons. The molecule has 30 heavy (non-hydrogen) atoms. The number of halogens is 1. The SMILES string of the molecule is Cc1ccc([C@@H](C)NC(=O)C2CCN(S(=O)(=O)Cc3ccc(F)cc3)CC2)c(C)c1. The first-order valence-electron chi connectivity index (χ1n) is 10.3. The van der Waals surface area contributed by atoms with Gasteiger partial charge in [0.15, 0.2) is 0 Å². The summed E-state index contributed by atoms with van der Waals surface area (Å²) in [4.78, 5) is 12.7. The van der Waals surface area contributed by atoms with Crippen molar-refractivity contribution in [2.45, 2.75) is 45.4 Å². The average Bonchev–Trinajstić information content (AvgIpc) is 2.69. The number of rotatable bonds is 6. The van der Waals surface area contributed by atoms with Crippen LogP contribution >= 0.6 is 0 Å². The van der Waals surface area contributed by atoms with Crippen LogP contribution in [0.3, 0.4) is 0 Å². The number of aryl methyl sites for hydroxylation is 2. The van der Waals surface area contributed by atoms with Gasteiger partial charge in [-0.3, -0.25) is 4.79 Å². The van der Waals surface area contributed by atoms with Crippen LogP contribution in [0.25, 0.3) is 0 Å². The first-order valence-corrected chi connectivity index (χ1v) is 11.9. The van der Waals surface area contributed by atoms with Gasteiger partial charge in [0.1, 0.15) is 5.82 Å². The Morgan fingerprint density at radius 1 is 1.13 bits per heavy atom. The number of sulfonamides is 1. The zero-order chi connectivity index (χ0) is 21.9. The smallest absolute Gasteiger partial charge is 0.223 e. The van der Waals surface area contributed by atoms with E-state index in [9.17, 15) is 17.6 Å². The van der Waals surface area contributed by atoms with Crippen LogP contribution in [0.5, 0.6) is 0 Å². The van der Waals surface area contributed by atoms with Gasteiger partial charge in [0.2, 0.25) is 15.9 Å². The molecule has 0 aromatic heterocycles. The molecule has 0 saturated carbocycles. The molecule has 1 N–H and O–H groups in total. The van der Waals surface area contributed by atoms with E-state index >= 15 is 0 Å². The number of carbonyl (C=O) groups excluding carboxylic acids is 1. The van der Waals surface area contributed by atoms with E-state index in [1.54, 1.807) is 0 Å². The van der Waals surface area contributed by atoms with Gasteiger partial charge in [-0.25, -0.2) is 17.1 Å². The maximum atomic E-state index is 13.0. The van der Waals surface area contributed by atoms with Crippen LogP contribution in [0, 0.1) is 25.6 Å². The van der Waals surface area contributed by atoms with Crippen LogP contribution in [0.15, 0.2) is 42.5 Å². The number of amides is 1. The quantitative estimate of drug-likeness (QED) is 0.754. The van der Waals surface area contributed by atoms with Gasteiger partial charge in [0, 0.05) is 19.0 Å². The molecule has 0 unspecified atom stereocenters. The standard InChI is InChI=1S/C23H29FN2O3S/c1-16-4-9-22(17(2)14-16)18(3)25-23(27)20-10-12-26(13-11-20)30(28,29)15-19-5-7-21(24)8-6-19/h4-9,14,18,20H,10-13,15H2,1-3H3,(H,25,27)/t18-/m1/s1. The van der Waals surface area contributed by atoms with Gasteiger partial charge in [-0.2, -0.15) is 0 Å². The number of nitrogens with zero attached hydrogens (tertiary/aromatic N) is 1. The fraction of sp³-hybridized carbons (Fsp3) is 0.435. The minimum atomic E-state index is -3.49. The maximum absolute atomic E-state index is 13.0. The molecule has 1 atom stereocenters. The van der Waals surface area contributed by atoms with Gasteiger partial charge >= 0.3 is 0 Å². The monoisotopic (exact) mass is 432 g/mol. The Bertz CT molecular complexity index is 998. The average molecular weight is 433 g/mol. The topological polar surface area (TPSA) is 66.5 Å². The fourth-order valence-electron chi connectivity index (χ4n) is 4.00. The van der Waals surface area contributed by atoms with E-state index in [1.807, 2.05) is 32.9 Å². The molecule has 3 rings (SSSR count). The summed E-state index contributed by atoms with van der Waals surface area (Å²) in [5, 5.41) is 3.08. The molecule has 0 spiro atoms. The zero-order valence-corrected chi connectivity index (χ0v) is 18.5. The van der Waals surface area contributed by atoms with E-state index in [0.717, 1.165) is 11.1 Å². The fourth-order valence-corrected chi connectivity index (χ4v) is 5.56. The van der Waals surface area contributed by atoms with Crippen LogP contribution in [-0.4, -0.2) is 31.7 Å². The van der Waals surface area contributed by atoms with Gasteiger partial charge < -0.3 is 5.32 Å². The lowest BCUT2D eigenvalue weighted by Gasteiger charge is -2.31. The number of carbonyl (C=O) groups is 1. The van der Waals surface area contributed by atoms with Crippen molar-refractivity contribution in [3.05, 3.63) is 70.5 Å². The third-order valence-corrected chi connectivity index (χ3v) is 7.58. The number of hydrogen-bond donors (Lipinski definition) is 1. The zero-order valence-electron chi connectivity index (χ0n) is 17.7. The summed E-state index contributed by atoms with van der Waals surface area (Å²) in [6, 6.07) is 11.6. The Labute approximate surface area is 178 Å². The number of benzene rings is 2. The van der Waals surface area contributed by atoms with E-state index in [0.29, 0.717) is 31.5 Å². The summed E-state index contributed by atoms with van der Waals surface area (Å²) >= 11 is 0. The van der Waals surface area contributed by atoms with Crippen LogP contribution < -0.4 is 5.32 Å². The lowest BCUT2D eigenvalue weighted by molar-refractivity contribution is -0.126. The molecule has 162 valence electrons. The largest absolute Gasteiger partial charge is 0.349 e. The summed E-state index contributed by atoms with van der Waals surface area (Å²) in [5.41, 5.74) is 3.97. The van der Waals surface area contributed by atoms with E-state index in [4.69, 9.17) is 0 Å². The first-order chi connectivity index (χ1) is 14.2. The van der Waals surface area contributed by atoms with Crippen molar-refractivity contribution in [3.8, 4) is 0 Å². The van der Waals surface area contributed by atoms with E-state index in [1.165, 1.54) is 34.1 Å². The summed E-state index contributed by atoms with van der Waals surface area (Å²) in [5.74, 6) is -0.778. The molecule has 0 bridgehead atoms. The third kappa shape index (κ3) is 5.46. The Morgan fingerprint density at radius 2 is 1.77 bits per heavy atom. The molecule has 0 aliphatic carbocycles. The van der Waals surface area contributed by atoms with Crippen LogP contribution in [0.2, 0.25) is 0 Å². The van der Waals surface area contributed by atoms with Crippen molar-refractivity contribution in [1.29, 1.82) is 0 Å². The highest BCUT2D eigenvalue weighted by atomic mass is 32.2. The van der Waals surface area contributed by atoms with Gasteiger partial charge in [0.05, 0.1) is 11.8 Å². The number of piperidine rings is 1. The van der Waals surface area contributed by atoms with Crippen LogP contribution in [0.1, 0.15) is 48.1 Å². The summed E-state index contributed by atoms with van der Waals surface area (Å²) < 4.78 is 39.8. The molecule has 1 fully saturated rings. The van der Waals surface area contributed by atoms with Crippen molar-refractivity contribution in [1.82, 2.24) is 9.62 Å². The molecule has 1 amide bonds. The van der Waals surface area contributed by atoms with Crippen molar-refractivity contribution in [3.63, 3.8) is 0 Å². The molecule has 2 aromatic rings. The molecule has 2 aromatic carbocycles. The Kier molecular flexibility index (Phi) is 6.93. The molecular weight excluding hydrogens is 403 g/mol. The van der Waals surface area contributed by atoms with Crippen molar-refractivity contribution < 1.29 is 17.6 Å². The Hall–Kier alpha value is -2.25. The molecule has 7 heteroatoms. The van der Waals surface area contributed by atoms with Crippen LogP contribution in [-0.2, 0) is 20.6 Å². The highest BCUT2D eigenvalue weighted by molar-refractivity contribution is 7.88.